The third-order valence-corrected chi connectivity index (χ3v) is 3.98. The highest BCUT2D eigenvalue weighted by atomic mass is 79.9. The Morgan fingerprint density at radius 2 is 1.58 bits per heavy atom. The molecule has 0 aromatic heterocycles. The Morgan fingerprint density at radius 3 is 2.12 bits per heavy atom. The number of halogens is 1. The molecule has 0 aliphatic rings. The lowest BCUT2D eigenvalue weighted by Crippen LogP contribution is -2.21. The second-order valence-electron chi connectivity index (χ2n) is 6.46. The summed E-state index contributed by atoms with van der Waals surface area (Å²) in [6.07, 6.45) is 0. The molecule has 0 unspecified atom stereocenters. The van der Waals surface area contributed by atoms with Gasteiger partial charge in [0, 0.05) is 10.2 Å². The van der Waals surface area contributed by atoms with E-state index in [4.69, 9.17) is 4.74 Å². The van der Waals surface area contributed by atoms with Gasteiger partial charge < -0.3 is 10.1 Å². The molecule has 4 nitrogen and oxygen atoms in total. The summed E-state index contributed by atoms with van der Waals surface area (Å²) < 4.78 is 5.88. The minimum atomic E-state index is -0.527. The minimum absolute atomic E-state index is 0.0583. The first-order valence-electron chi connectivity index (χ1n) is 7.59. The van der Waals surface area contributed by atoms with Crippen LogP contribution in [0.4, 0.5) is 5.69 Å². The summed E-state index contributed by atoms with van der Waals surface area (Å²) in [7, 11) is 0. The zero-order chi connectivity index (χ0) is 17.7. The maximum absolute atomic E-state index is 11.9. The fourth-order valence-corrected chi connectivity index (χ4v) is 2.32. The van der Waals surface area contributed by atoms with E-state index in [2.05, 4.69) is 42.0 Å². The highest BCUT2D eigenvalue weighted by molar-refractivity contribution is 9.10. The van der Waals surface area contributed by atoms with Gasteiger partial charge in [-0.15, -0.1) is 0 Å². The van der Waals surface area contributed by atoms with Crippen molar-refractivity contribution >= 4 is 33.5 Å². The van der Waals surface area contributed by atoms with E-state index in [9.17, 15) is 9.59 Å². The highest BCUT2D eigenvalue weighted by Crippen LogP contribution is 2.23. The van der Waals surface area contributed by atoms with E-state index in [-0.39, 0.29) is 17.9 Å². The maximum atomic E-state index is 11.9. The van der Waals surface area contributed by atoms with Crippen LogP contribution in [0.5, 0.6) is 0 Å². The van der Waals surface area contributed by atoms with Crippen molar-refractivity contribution in [3.05, 3.63) is 64.1 Å². The Bertz CT molecular complexity index is 716. The van der Waals surface area contributed by atoms with E-state index >= 15 is 0 Å². The van der Waals surface area contributed by atoms with E-state index in [1.165, 1.54) is 5.56 Å². The van der Waals surface area contributed by atoms with Crippen LogP contribution in [0.15, 0.2) is 53.0 Å². The molecule has 0 aliphatic heterocycles. The molecule has 0 atom stereocenters. The maximum Gasteiger partial charge on any atom is 0.338 e. The second kappa shape index (κ2) is 7.62. The van der Waals surface area contributed by atoms with Gasteiger partial charge in [0.05, 0.1) is 5.56 Å². The van der Waals surface area contributed by atoms with Gasteiger partial charge in [-0.2, -0.15) is 0 Å². The summed E-state index contributed by atoms with van der Waals surface area (Å²) in [4.78, 5) is 23.7. The van der Waals surface area contributed by atoms with Crippen LogP contribution in [-0.2, 0) is 14.9 Å². The zero-order valence-electron chi connectivity index (χ0n) is 13.9. The van der Waals surface area contributed by atoms with E-state index < -0.39 is 5.97 Å². The van der Waals surface area contributed by atoms with Gasteiger partial charge in [0.15, 0.2) is 6.61 Å². The minimum Gasteiger partial charge on any atom is -0.452 e. The number of rotatable bonds is 4. The average Bonchev–Trinajstić information content (AvgIpc) is 2.53. The molecule has 0 heterocycles. The van der Waals surface area contributed by atoms with Gasteiger partial charge in [-0.05, 0) is 47.4 Å². The fraction of sp³-hybridized carbons (Fsp3) is 0.263. The van der Waals surface area contributed by atoms with Crippen molar-refractivity contribution in [3.8, 4) is 0 Å². The molecule has 2 rings (SSSR count). The lowest BCUT2D eigenvalue weighted by molar-refractivity contribution is -0.119. The number of amides is 1. The van der Waals surface area contributed by atoms with Gasteiger partial charge in [-0.1, -0.05) is 48.8 Å². The van der Waals surface area contributed by atoms with Crippen molar-refractivity contribution < 1.29 is 14.3 Å². The van der Waals surface area contributed by atoms with Crippen molar-refractivity contribution in [2.24, 2.45) is 0 Å². The topological polar surface area (TPSA) is 55.4 Å². The molecule has 0 saturated carbocycles. The molecule has 126 valence electrons. The van der Waals surface area contributed by atoms with Crippen molar-refractivity contribution in [2.75, 3.05) is 11.9 Å². The van der Waals surface area contributed by atoms with Crippen LogP contribution in [-0.4, -0.2) is 18.5 Å². The molecule has 2 aromatic rings. The number of ether oxygens (including phenoxy) is 1. The van der Waals surface area contributed by atoms with Crippen LogP contribution >= 0.6 is 15.9 Å². The van der Waals surface area contributed by atoms with Crippen LogP contribution < -0.4 is 5.32 Å². The van der Waals surface area contributed by atoms with Crippen LogP contribution in [0.1, 0.15) is 36.7 Å². The van der Waals surface area contributed by atoms with Crippen molar-refractivity contribution in [2.45, 2.75) is 26.2 Å². The van der Waals surface area contributed by atoms with Gasteiger partial charge in [-0.3, -0.25) is 4.79 Å². The SMILES string of the molecule is CC(C)(C)c1ccc(NC(=O)COC(=O)c2ccc(Br)cc2)cc1. The first-order chi connectivity index (χ1) is 11.3. The Morgan fingerprint density at radius 1 is 1.00 bits per heavy atom. The molecular formula is C19H20BrNO3. The number of nitrogens with one attached hydrogen (secondary N) is 1. The Labute approximate surface area is 150 Å². The van der Waals surface area contributed by atoms with Gasteiger partial charge in [0.2, 0.25) is 0 Å². The standard InChI is InChI=1S/C19H20BrNO3/c1-19(2,3)14-6-10-16(11-7-14)21-17(22)12-24-18(23)13-4-8-15(20)9-5-13/h4-11H,12H2,1-3H3,(H,21,22). The lowest BCUT2D eigenvalue weighted by Gasteiger charge is -2.19. The number of carbonyl (C=O) groups is 2. The summed E-state index contributed by atoms with van der Waals surface area (Å²) in [6, 6.07) is 14.4. The van der Waals surface area contributed by atoms with E-state index in [1.54, 1.807) is 24.3 Å². The molecule has 0 radical (unpaired) electrons. The quantitative estimate of drug-likeness (QED) is 0.780. The van der Waals surface area contributed by atoms with Gasteiger partial charge in [0.25, 0.3) is 5.91 Å². The zero-order valence-corrected chi connectivity index (χ0v) is 15.5. The molecule has 1 N–H and O–H groups in total. The monoisotopic (exact) mass is 389 g/mol. The predicted molar refractivity (Wildman–Crippen MR) is 98.2 cm³/mol. The molecular weight excluding hydrogens is 370 g/mol. The number of carbonyl (C=O) groups excluding carboxylic acids is 2. The molecule has 0 aliphatic carbocycles. The first-order valence-corrected chi connectivity index (χ1v) is 8.38. The van der Waals surface area contributed by atoms with E-state index in [1.807, 2.05) is 24.3 Å². The third-order valence-electron chi connectivity index (χ3n) is 3.45. The fourth-order valence-electron chi connectivity index (χ4n) is 2.05. The Hall–Kier alpha value is -2.14. The summed E-state index contributed by atoms with van der Waals surface area (Å²) in [5, 5.41) is 2.71. The number of esters is 1. The van der Waals surface area contributed by atoms with Crippen LogP contribution in [0, 0.1) is 0 Å². The smallest absolute Gasteiger partial charge is 0.338 e. The summed E-state index contributed by atoms with van der Waals surface area (Å²) in [6.45, 7) is 6.06. The Kier molecular flexibility index (Phi) is 5.78. The summed E-state index contributed by atoms with van der Waals surface area (Å²) in [5.41, 5.74) is 2.32. The van der Waals surface area contributed by atoms with Crippen molar-refractivity contribution in [1.29, 1.82) is 0 Å². The number of hydrogen-bond donors (Lipinski definition) is 1. The molecule has 0 saturated heterocycles. The van der Waals surface area contributed by atoms with Gasteiger partial charge in [-0.25, -0.2) is 4.79 Å². The largest absolute Gasteiger partial charge is 0.452 e. The van der Waals surface area contributed by atoms with Crippen molar-refractivity contribution in [1.82, 2.24) is 0 Å². The van der Waals surface area contributed by atoms with Crippen LogP contribution in [0.25, 0.3) is 0 Å². The summed E-state index contributed by atoms with van der Waals surface area (Å²) >= 11 is 3.29. The number of benzene rings is 2. The van der Waals surface area contributed by atoms with E-state index in [0.29, 0.717) is 11.3 Å². The molecule has 2 aromatic carbocycles. The molecule has 0 fully saturated rings. The molecule has 1 amide bonds. The second-order valence-corrected chi connectivity index (χ2v) is 7.37. The summed E-state index contributed by atoms with van der Waals surface area (Å²) in [5.74, 6) is -0.898. The van der Waals surface area contributed by atoms with Gasteiger partial charge in [0.1, 0.15) is 0 Å². The van der Waals surface area contributed by atoms with Gasteiger partial charge >= 0.3 is 5.97 Å². The average molecular weight is 390 g/mol. The van der Waals surface area contributed by atoms with Crippen LogP contribution in [0.2, 0.25) is 0 Å². The lowest BCUT2D eigenvalue weighted by atomic mass is 9.87. The van der Waals surface area contributed by atoms with E-state index in [0.717, 1.165) is 4.47 Å². The van der Waals surface area contributed by atoms with Crippen LogP contribution in [0.3, 0.4) is 0 Å². The molecule has 5 heteroatoms. The third kappa shape index (κ3) is 5.20. The number of hydrogen-bond acceptors (Lipinski definition) is 3. The van der Waals surface area contributed by atoms with Crippen molar-refractivity contribution in [3.63, 3.8) is 0 Å². The Balaban J connectivity index is 1.87. The normalized spacial score (nSPS) is 11.0. The molecule has 0 bridgehead atoms. The molecule has 0 spiro atoms. The predicted octanol–water partition coefficient (Wildman–Crippen LogP) is 4.54. The molecule has 24 heavy (non-hydrogen) atoms. The first kappa shape index (κ1) is 18.2. The highest BCUT2D eigenvalue weighted by Gasteiger charge is 2.14. The number of anilines is 1.